The Labute approximate surface area is 116 Å². The van der Waals surface area contributed by atoms with Crippen molar-refractivity contribution in [3.05, 3.63) is 34.9 Å². The van der Waals surface area contributed by atoms with Crippen molar-refractivity contribution in [3.63, 3.8) is 0 Å². The molecular weight excluding hydrogens is 236 g/mol. The molecule has 2 rings (SSSR count). The van der Waals surface area contributed by atoms with Crippen LogP contribution in [0.1, 0.15) is 36.1 Å². The standard InChI is InChI=1S/C16H26N2O/c1-11-6-5-7-12(2)16(11)15(10-17)18(4)14-8-9-19-13(14)3/h5-7,13-15H,8-10,17H2,1-4H3. The van der Waals surface area contributed by atoms with E-state index >= 15 is 0 Å². The minimum Gasteiger partial charge on any atom is -0.377 e. The van der Waals surface area contributed by atoms with Crippen LogP contribution in [0.25, 0.3) is 0 Å². The fourth-order valence-corrected chi connectivity index (χ4v) is 3.33. The predicted octanol–water partition coefficient (Wildman–Crippen LogP) is 2.41. The van der Waals surface area contributed by atoms with E-state index in [1.54, 1.807) is 0 Å². The number of benzene rings is 1. The van der Waals surface area contributed by atoms with Crippen LogP contribution in [0.5, 0.6) is 0 Å². The molecule has 0 aromatic heterocycles. The van der Waals surface area contributed by atoms with E-state index in [1.807, 2.05) is 0 Å². The number of hydrogen-bond acceptors (Lipinski definition) is 3. The van der Waals surface area contributed by atoms with Gasteiger partial charge in [0.05, 0.1) is 6.10 Å². The third-order valence-electron chi connectivity index (χ3n) is 4.45. The highest BCUT2D eigenvalue weighted by Gasteiger charge is 2.32. The summed E-state index contributed by atoms with van der Waals surface area (Å²) in [6, 6.07) is 7.20. The van der Waals surface area contributed by atoms with Gasteiger partial charge >= 0.3 is 0 Å². The van der Waals surface area contributed by atoms with Crippen LogP contribution in [0.15, 0.2) is 18.2 Å². The fraction of sp³-hybridized carbons (Fsp3) is 0.625. The molecule has 1 aromatic carbocycles. The van der Waals surface area contributed by atoms with Gasteiger partial charge in [0.2, 0.25) is 0 Å². The summed E-state index contributed by atoms with van der Waals surface area (Å²) in [4.78, 5) is 2.41. The highest BCUT2D eigenvalue weighted by molar-refractivity contribution is 5.36. The molecule has 0 spiro atoms. The van der Waals surface area contributed by atoms with Crippen molar-refractivity contribution in [1.82, 2.24) is 4.90 Å². The van der Waals surface area contributed by atoms with Gasteiger partial charge in [0.1, 0.15) is 0 Å². The van der Waals surface area contributed by atoms with Crippen LogP contribution >= 0.6 is 0 Å². The summed E-state index contributed by atoms with van der Waals surface area (Å²) in [5.41, 5.74) is 10.1. The molecule has 1 heterocycles. The molecule has 0 saturated carbocycles. The second-order valence-corrected chi connectivity index (χ2v) is 5.65. The Bertz CT molecular complexity index is 413. The first-order valence-electron chi connectivity index (χ1n) is 7.16. The van der Waals surface area contributed by atoms with E-state index in [0.717, 1.165) is 13.0 Å². The first kappa shape index (κ1) is 14.5. The minimum atomic E-state index is 0.273. The van der Waals surface area contributed by atoms with Gasteiger partial charge in [-0.3, -0.25) is 4.90 Å². The number of hydrogen-bond donors (Lipinski definition) is 1. The Hall–Kier alpha value is -0.900. The van der Waals surface area contributed by atoms with E-state index in [2.05, 4.69) is 50.9 Å². The highest BCUT2D eigenvalue weighted by atomic mass is 16.5. The summed E-state index contributed by atoms with van der Waals surface area (Å²) in [5.74, 6) is 0. The maximum Gasteiger partial charge on any atom is 0.0703 e. The summed E-state index contributed by atoms with van der Waals surface area (Å²) in [6.45, 7) is 8.01. The molecule has 0 radical (unpaired) electrons. The van der Waals surface area contributed by atoms with Crippen molar-refractivity contribution in [2.75, 3.05) is 20.2 Å². The summed E-state index contributed by atoms with van der Waals surface area (Å²) in [5, 5.41) is 0. The zero-order chi connectivity index (χ0) is 14.0. The van der Waals surface area contributed by atoms with E-state index < -0.39 is 0 Å². The van der Waals surface area contributed by atoms with E-state index in [9.17, 15) is 0 Å². The summed E-state index contributed by atoms with van der Waals surface area (Å²) >= 11 is 0. The maximum atomic E-state index is 6.07. The first-order chi connectivity index (χ1) is 9.06. The highest BCUT2D eigenvalue weighted by Crippen LogP contribution is 2.30. The van der Waals surface area contributed by atoms with Crippen LogP contribution < -0.4 is 5.73 Å². The molecule has 3 heteroatoms. The van der Waals surface area contributed by atoms with Gasteiger partial charge in [0.25, 0.3) is 0 Å². The van der Waals surface area contributed by atoms with Crippen LogP contribution in [0.4, 0.5) is 0 Å². The minimum absolute atomic E-state index is 0.273. The third kappa shape index (κ3) is 2.83. The van der Waals surface area contributed by atoms with Crippen LogP contribution in [0.2, 0.25) is 0 Å². The normalized spacial score (nSPS) is 24.9. The number of rotatable bonds is 4. The molecule has 1 aliphatic heterocycles. The number of likely N-dealkylation sites (N-methyl/N-ethyl adjacent to an activating group) is 1. The Balaban J connectivity index is 2.29. The average molecular weight is 262 g/mol. The fourth-order valence-electron chi connectivity index (χ4n) is 3.33. The van der Waals surface area contributed by atoms with Crippen molar-refractivity contribution in [2.45, 2.75) is 45.4 Å². The van der Waals surface area contributed by atoms with Crippen LogP contribution in [-0.2, 0) is 4.74 Å². The largest absolute Gasteiger partial charge is 0.377 e. The third-order valence-corrected chi connectivity index (χ3v) is 4.45. The summed E-state index contributed by atoms with van der Waals surface area (Å²) in [7, 11) is 2.18. The Morgan fingerprint density at radius 2 is 2.00 bits per heavy atom. The van der Waals surface area contributed by atoms with E-state index in [0.29, 0.717) is 18.7 Å². The lowest BCUT2D eigenvalue weighted by molar-refractivity contribution is 0.0683. The van der Waals surface area contributed by atoms with Crippen molar-refractivity contribution in [1.29, 1.82) is 0 Å². The van der Waals surface area contributed by atoms with Gasteiger partial charge in [-0.2, -0.15) is 0 Å². The summed E-state index contributed by atoms with van der Waals surface area (Å²) < 4.78 is 5.70. The van der Waals surface area contributed by atoms with Gasteiger partial charge in [-0.1, -0.05) is 18.2 Å². The Morgan fingerprint density at radius 1 is 1.37 bits per heavy atom. The van der Waals surface area contributed by atoms with Gasteiger partial charge in [-0.25, -0.2) is 0 Å². The van der Waals surface area contributed by atoms with Crippen LogP contribution in [0, 0.1) is 13.8 Å². The topological polar surface area (TPSA) is 38.5 Å². The monoisotopic (exact) mass is 262 g/mol. The first-order valence-corrected chi connectivity index (χ1v) is 7.16. The number of ether oxygens (including phenoxy) is 1. The van der Waals surface area contributed by atoms with Gasteiger partial charge < -0.3 is 10.5 Å². The van der Waals surface area contributed by atoms with Gasteiger partial charge in [0.15, 0.2) is 0 Å². The van der Waals surface area contributed by atoms with E-state index in [-0.39, 0.29) is 6.04 Å². The molecule has 3 atom stereocenters. The lowest BCUT2D eigenvalue weighted by Crippen LogP contribution is -2.42. The number of nitrogens with zero attached hydrogens (tertiary/aromatic N) is 1. The van der Waals surface area contributed by atoms with Crippen molar-refractivity contribution in [3.8, 4) is 0 Å². The second kappa shape index (κ2) is 6.04. The van der Waals surface area contributed by atoms with Gasteiger partial charge in [-0.15, -0.1) is 0 Å². The molecule has 3 nitrogen and oxygen atoms in total. The van der Waals surface area contributed by atoms with E-state index in [4.69, 9.17) is 10.5 Å². The molecule has 0 amide bonds. The number of aryl methyl sites for hydroxylation is 2. The molecule has 1 aromatic rings. The molecule has 1 fully saturated rings. The van der Waals surface area contributed by atoms with Crippen LogP contribution in [0.3, 0.4) is 0 Å². The molecular formula is C16H26N2O. The molecule has 0 bridgehead atoms. The SMILES string of the molecule is Cc1cccc(C)c1C(CN)N(C)C1CCOC1C. The number of nitrogens with two attached hydrogens (primary N) is 1. The summed E-state index contributed by atoms with van der Waals surface area (Å²) in [6.07, 6.45) is 1.39. The second-order valence-electron chi connectivity index (χ2n) is 5.65. The lowest BCUT2D eigenvalue weighted by atomic mass is 9.93. The molecule has 106 valence electrons. The van der Waals surface area contributed by atoms with Crippen LogP contribution in [-0.4, -0.2) is 37.2 Å². The zero-order valence-corrected chi connectivity index (χ0v) is 12.5. The quantitative estimate of drug-likeness (QED) is 0.905. The Kier molecular flexibility index (Phi) is 4.61. The van der Waals surface area contributed by atoms with Gasteiger partial charge in [0, 0.05) is 25.2 Å². The molecule has 0 aliphatic carbocycles. The molecule has 1 aliphatic rings. The molecule has 19 heavy (non-hydrogen) atoms. The Morgan fingerprint density at radius 3 is 2.47 bits per heavy atom. The van der Waals surface area contributed by atoms with Crippen molar-refractivity contribution in [2.24, 2.45) is 5.73 Å². The van der Waals surface area contributed by atoms with Gasteiger partial charge in [-0.05, 0) is 50.9 Å². The van der Waals surface area contributed by atoms with Crippen molar-refractivity contribution >= 4 is 0 Å². The molecule has 3 unspecified atom stereocenters. The smallest absolute Gasteiger partial charge is 0.0703 e. The van der Waals surface area contributed by atoms with E-state index in [1.165, 1.54) is 16.7 Å². The lowest BCUT2D eigenvalue weighted by Gasteiger charge is -2.35. The molecule has 1 saturated heterocycles. The zero-order valence-electron chi connectivity index (χ0n) is 12.5. The van der Waals surface area contributed by atoms with Crippen molar-refractivity contribution < 1.29 is 4.74 Å². The predicted molar refractivity (Wildman–Crippen MR) is 79.3 cm³/mol. The maximum absolute atomic E-state index is 6.07. The molecule has 2 N–H and O–H groups in total. The average Bonchev–Trinajstić information content (AvgIpc) is 2.79.